The highest BCUT2D eigenvalue weighted by Crippen LogP contribution is 2.44. The number of pyridine rings is 1. The molecule has 8 aromatic heterocycles. The van der Waals surface area contributed by atoms with Gasteiger partial charge in [-0.3, -0.25) is 4.98 Å². The van der Waals surface area contributed by atoms with Gasteiger partial charge in [-0.25, -0.2) is 74.8 Å². The largest absolute Gasteiger partial charge is 0.309 e. The van der Waals surface area contributed by atoms with Gasteiger partial charge in [0, 0.05) is 84.0 Å². The van der Waals surface area contributed by atoms with Crippen molar-refractivity contribution < 1.29 is 0 Å². The van der Waals surface area contributed by atoms with Gasteiger partial charge < -0.3 is 9.13 Å². The van der Waals surface area contributed by atoms with Crippen molar-refractivity contribution in [2.75, 3.05) is 0 Å². The molecule has 18 heteroatoms. The smallest absolute Gasteiger partial charge is 0.164 e. The number of aromatic nitrogens is 18. The van der Waals surface area contributed by atoms with E-state index in [4.69, 9.17) is 59.8 Å². The van der Waals surface area contributed by atoms with Gasteiger partial charge in [0.05, 0.1) is 33.4 Å². The predicted molar refractivity (Wildman–Crippen MR) is 341 cm³/mol. The highest BCUT2D eigenvalue weighted by Gasteiger charge is 2.25. The summed E-state index contributed by atoms with van der Waals surface area (Å²) in [5.41, 5.74) is 13.0. The molecular formula is C70H52N18. The van der Waals surface area contributed by atoms with Gasteiger partial charge in [0.25, 0.3) is 0 Å². The Labute approximate surface area is 504 Å². The van der Waals surface area contributed by atoms with Crippen LogP contribution in [0.4, 0.5) is 0 Å². The third-order valence-corrected chi connectivity index (χ3v) is 15.5. The van der Waals surface area contributed by atoms with Crippen LogP contribution < -0.4 is 0 Å². The van der Waals surface area contributed by atoms with Crippen LogP contribution >= 0.6 is 0 Å². The van der Waals surface area contributed by atoms with Crippen LogP contribution in [0.2, 0.25) is 0 Å². The first-order valence-electron chi connectivity index (χ1n) is 28.7. The minimum absolute atomic E-state index is 0.498. The molecule has 0 fully saturated rings. The Morgan fingerprint density at radius 2 is 0.523 bits per heavy atom. The van der Waals surface area contributed by atoms with E-state index in [0.29, 0.717) is 87.4 Å². The summed E-state index contributed by atoms with van der Waals surface area (Å²) in [6, 6.07) is 54.1. The van der Waals surface area contributed by atoms with Crippen LogP contribution in [-0.4, -0.2) is 88.9 Å². The molecule has 15 rings (SSSR count). The molecule has 0 aliphatic rings. The normalized spacial score (nSPS) is 11.6. The summed E-state index contributed by atoms with van der Waals surface area (Å²) >= 11 is 0. The number of hydrogen-bond donors (Lipinski definition) is 0. The molecule has 0 amide bonds. The quantitative estimate of drug-likeness (QED) is 0.124. The van der Waals surface area contributed by atoms with E-state index in [1.165, 1.54) is 0 Å². The molecule has 0 atom stereocenters. The van der Waals surface area contributed by atoms with Crippen molar-refractivity contribution >= 4 is 43.6 Å². The fourth-order valence-electron chi connectivity index (χ4n) is 11.9. The van der Waals surface area contributed by atoms with Crippen molar-refractivity contribution in [2.24, 2.45) is 0 Å². The van der Waals surface area contributed by atoms with Crippen LogP contribution in [-0.2, 0) is 0 Å². The second kappa shape index (κ2) is 21.1. The second-order valence-corrected chi connectivity index (χ2v) is 21.8. The van der Waals surface area contributed by atoms with Gasteiger partial charge in [0.15, 0.2) is 40.8 Å². The molecule has 0 aliphatic carbocycles. The Bertz CT molecular complexity index is 4970. The van der Waals surface area contributed by atoms with Gasteiger partial charge in [0.2, 0.25) is 0 Å². The average molecular weight is 1150 g/mol. The van der Waals surface area contributed by atoms with Gasteiger partial charge in [-0.1, -0.05) is 60.7 Å². The van der Waals surface area contributed by atoms with Crippen LogP contribution in [0.25, 0.3) is 146 Å². The Morgan fingerprint density at radius 3 is 0.864 bits per heavy atom. The molecule has 18 nitrogen and oxygen atoms in total. The van der Waals surface area contributed by atoms with Crippen molar-refractivity contribution in [3.63, 3.8) is 0 Å². The van der Waals surface area contributed by atoms with Crippen molar-refractivity contribution in [2.45, 2.75) is 55.4 Å². The molecule has 88 heavy (non-hydrogen) atoms. The molecule has 0 saturated heterocycles. The number of fused-ring (bicyclic) bond motifs is 6. The molecule has 0 unspecified atom stereocenters. The standard InChI is InChI=1S/C70H52N18/c1-37-72-38(2)77-66(76-37)47-19-24-58-52(31-47)53-32-48(67-78-39(3)73-40(4)79-67)20-25-59(53)87(58)62-28-23-51(70-85-64(45-15-11-9-12-16-45)84-65(86-70)46-17-13-10-14-18-46)35-56(62)57-36-71-30-29-63(57)88-60-26-21-49(68-80-41(5)74-42(6)81-68)33-54(60)55-34-50(22-27-61(55)88)69-82-43(7)75-44(8)83-69/h9-36H,1-8H3. The van der Waals surface area contributed by atoms with E-state index in [1.807, 2.05) is 128 Å². The van der Waals surface area contributed by atoms with Crippen molar-refractivity contribution in [3.05, 3.63) is 217 Å². The molecule has 422 valence electrons. The summed E-state index contributed by atoms with van der Waals surface area (Å²) in [5, 5.41) is 3.87. The van der Waals surface area contributed by atoms with Crippen LogP contribution in [0.1, 0.15) is 46.6 Å². The fraction of sp³-hybridized carbons (Fsp3) is 0.114. The van der Waals surface area contributed by atoms with E-state index in [0.717, 1.165) is 105 Å². The van der Waals surface area contributed by atoms with E-state index in [9.17, 15) is 0 Å². The van der Waals surface area contributed by atoms with Crippen molar-refractivity contribution in [1.82, 2.24) is 88.9 Å². The lowest BCUT2D eigenvalue weighted by Gasteiger charge is -2.19. The summed E-state index contributed by atoms with van der Waals surface area (Å²) < 4.78 is 4.63. The molecule has 0 aliphatic heterocycles. The minimum atomic E-state index is 0.498. The topological polar surface area (TPSA) is 216 Å². The van der Waals surface area contributed by atoms with Crippen LogP contribution in [0.3, 0.4) is 0 Å². The Hall–Kier alpha value is -11.7. The number of benzene rings is 7. The molecular weight excluding hydrogens is 1090 g/mol. The molecule has 15 aromatic rings. The van der Waals surface area contributed by atoms with Gasteiger partial charge in [-0.2, -0.15) is 0 Å². The molecule has 8 heterocycles. The third-order valence-electron chi connectivity index (χ3n) is 15.5. The SMILES string of the molecule is Cc1nc(C)nc(-c2ccc3c(c2)c2cc(-c4nc(C)nc(C)n4)ccc2n3-c2ccncc2-c2cc(-c3nc(-c4ccccc4)nc(-c4ccccc4)n3)ccc2-n2c3ccc(-c4nc(C)nc(C)n4)cc3c3cc(-c4nc(C)nc(C)n4)ccc32)n1. The highest BCUT2D eigenvalue weighted by molar-refractivity contribution is 6.14. The Balaban J connectivity index is 1.02. The number of rotatable bonds is 10. The van der Waals surface area contributed by atoms with Gasteiger partial charge >= 0.3 is 0 Å². The summed E-state index contributed by atoms with van der Waals surface area (Å²) in [6.07, 6.45) is 3.79. The summed E-state index contributed by atoms with van der Waals surface area (Å²) in [6.45, 7) is 15.1. The van der Waals surface area contributed by atoms with Crippen LogP contribution in [0, 0.1) is 55.4 Å². The lowest BCUT2D eigenvalue weighted by molar-refractivity contribution is 0.928. The van der Waals surface area contributed by atoms with Gasteiger partial charge in [-0.05, 0) is 152 Å². The number of nitrogens with zero attached hydrogens (tertiary/aromatic N) is 18. The first kappa shape index (κ1) is 53.1. The van der Waals surface area contributed by atoms with E-state index in [-0.39, 0.29) is 0 Å². The average Bonchev–Trinajstić information content (AvgIpc) is 1.62. The lowest BCUT2D eigenvalue weighted by atomic mass is 9.99. The molecule has 0 N–H and O–H groups in total. The van der Waals surface area contributed by atoms with Crippen LogP contribution in [0.15, 0.2) is 170 Å². The number of aryl methyl sites for hydroxylation is 8. The predicted octanol–water partition coefficient (Wildman–Crippen LogP) is 14.0. The van der Waals surface area contributed by atoms with E-state index in [1.54, 1.807) is 0 Å². The van der Waals surface area contributed by atoms with Crippen molar-refractivity contribution in [3.8, 4) is 102 Å². The first-order chi connectivity index (χ1) is 42.8. The third kappa shape index (κ3) is 9.58. The van der Waals surface area contributed by atoms with Gasteiger partial charge in [0.1, 0.15) is 46.6 Å². The zero-order valence-corrected chi connectivity index (χ0v) is 49.2. The van der Waals surface area contributed by atoms with Crippen molar-refractivity contribution in [1.29, 1.82) is 0 Å². The lowest BCUT2D eigenvalue weighted by Crippen LogP contribution is -2.04. The van der Waals surface area contributed by atoms with E-state index < -0.39 is 0 Å². The minimum Gasteiger partial charge on any atom is -0.309 e. The summed E-state index contributed by atoms with van der Waals surface area (Å²) in [5.74, 6) is 9.06. The summed E-state index contributed by atoms with van der Waals surface area (Å²) in [7, 11) is 0. The number of hydrogen-bond acceptors (Lipinski definition) is 16. The van der Waals surface area contributed by atoms with Gasteiger partial charge in [-0.15, -0.1) is 0 Å². The van der Waals surface area contributed by atoms with Crippen LogP contribution in [0.5, 0.6) is 0 Å². The van der Waals surface area contributed by atoms with E-state index in [2.05, 4.69) is 126 Å². The maximum absolute atomic E-state index is 5.26. The zero-order valence-electron chi connectivity index (χ0n) is 49.2. The molecule has 0 saturated carbocycles. The maximum atomic E-state index is 5.26. The Kier molecular flexibility index (Phi) is 12.8. The monoisotopic (exact) mass is 1140 g/mol. The second-order valence-electron chi connectivity index (χ2n) is 21.8. The molecule has 0 spiro atoms. The fourth-order valence-corrected chi connectivity index (χ4v) is 11.9. The summed E-state index contributed by atoms with van der Waals surface area (Å²) in [4.78, 5) is 77.1. The Morgan fingerprint density at radius 1 is 0.239 bits per heavy atom. The molecule has 0 radical (unpaired) electrons. The molecule has 0 bridgehead atoms. The molecule has 7 aromatic carbocycles. The highest BCUT2D eigenvalue weighted by atomic mass is 15.1. The zero-order chi connectivity index (χ0) is 59.9. The first-order valence-corrected chi connectivity index (χ1v) is 28.7. The maximum Gasteiger partial charge on any atom is 0.164 e. The van der Waals surface area contributed by atoms with E-state index >= 15 is 0 Å².